The molecule has 8 rings (SSSR count). The van der Waals surface area contributed by atoms with Crippen LogP contribution in [0.3, 0.4) is 0 Å². The monoisotopic (exact) mass is 751 g/mol. The first kappa shape index (κ1) is 35.8. The standard InChI is InChI=1S/C39H32F7N5O3/c1-36(2,54)10-9-23-4-5-24(20-3-7-27-26(16-20)35(53)49-37(27)11-12-37)32(47-23)29(15-19-13-21(40)17-22(41)14-19)48-30(52)18-51-34-31(33(50-51)39(44,45)46)25-6-8-28(25)38(34,42)43/h3-5,7,13-14,16-17,25,28-29,54H,6,8,11-12,15,18H2,1-2H3,(H,48,52)(H,49,53). The topological polar surface area (TPSA) is 109 Å². The molecule has 3 unspecified atom stereocenters. The Bertz CT molecular complexity index is 2290. The third-order valence-corrected chi connectivity index (χ3v) is 10.6. The highest BCUT2D eigenvalue weighted by Gasteiger charge is 2.63. The number of nitrogens with one attached hydrogen (secondary N) is 2. The van der Waals surface area contributed by atoms with Crippen molar-refractivity contribution in [3.05, 3.63) is 105 Å². The second-order valence-electron chi connectivity index (χ2n) is 15.0. The van der Waals surface area contributed by atoms with E-state index < -0.39 is 82.2 Å². The van der Waals surface area contributed by atoms with Crippen molar-refractivity contribution >= 4 is 11.8 Å². The fraction of sp³-hybridized carbons (Fsp3) is 0.385. The highest BCUT2D eigenvalue weighted by atomic mass is 19.4. The van der Waals surface area contributed by atoms with Gasteiger partial charge in [0.1, 0.15) is 35.2 Å². The molecule has 4 aliphatic rings. The number of hydrogen-bond donors (Lipinski definition) is 3. The van der Waals surface area contributed by atoms with Gasteiger partial charge in [-0.15, -0.1) is 0 Å². The van der Waals surface area contributed by atoms with Crippen LogP contribution >= 0.6 is 0 Å². The van der Waals surface area contributed by atoms with E-state index in [-0.39, 0.29) is 42.1 Å². The summed E-state index contributed by atoms with van der Waals surface area (Å²) in [5, 5.41) is 19.4. The van der Waals surface area contributed by atoms with Crippen LogP contribution in [0.15, 0.2) is 48.5 Å². The van der Waals surface area contributed by atoms with E-state index >= 15 is 8.78 Å². The number of halogens is 7. The highest BCUT2D eigenvalue weighted by Crippen LogP contribution is 2.64. The lowest BCUT2D eigenvalue weighted by Crippen LogP contribution is -2.36. The Labute approximate surface area is 304 Å². The van der Waals surface area contributed by atoms with E-state index in [2.05, 4.69) is 32.6 Å². The zero-order valence-electron chi connectivity index (χ0n) is 28.8. The second kappa shape index (κ2) is 12.1. The minimum Gasteiger partial charge on any atom is -0.378 e. The van der Waals surface area contributed by atoms with E-state index in [1.54, 1.807) is 24.3 Å². The molecular weight excluding hydrogens is 719 g/mol. The summed E-state index contributed by atoms with van der Waals surface area (Å²) in [6.45, 7) is 1.87. The first-order valence-corrected chi connectivity index (χ1v) is 17.4. The fourth-order valence-corrected chi connectivity index (χ4v) is 7.97. The molecule has 280 valence electrons. The summed E-state index contributed by atoms with van der Waals surface area (Å²) in [6.07, 6.45) is -3.65. The number of nitrogens with zero attached hydrogens (tertiary/aromatic N) is 3. The van der Waals surface area contributed by atoms with Crippen LogP contribution in [0.2, 0.25) is 0 Å². The number of pyridine rings is 1. The summed E-state index contributed by atoms with van der Waals surface area (Å²) in [7, 11) is 0. The van der Waals surface area contributed by atoms with Gasteiger partial charge in [-0.1, -0.05) is 18.1 Å². The molecule has 3 atom stereocenters. The molecule has 2 fully saturated rings. The van der Waals surface area contributed by atoms with Crippen LogP contribution in [0.25, 0.3) is 11.1 Å². The third kappa shape index (κ3) is 6.19. The first-order valence-electron chi connectivity index (χ1n) is 17.4. The van der Waals surface area contributed by atoms with Gasteiger partial charge >= 0.3 is 6.18 Å². The van der Waals surface area contributed by atoms with Crippen molar-refractivity contribution in [3.8, 4) is 23.0 Å². The van der Waals surface area contributed by atoms with Crippen molar-refractivity contribution in [1.82, 2.24) is 25.4 Å². The molecule has 0 radical (unpaired) electrons. The summed E-state index contributed by atoms with van der Waals surface area (Å²) in [4.78, 5) is 31.5. The van der Waals surface area contributed by atoms with Crippen LogP contribution < -0.4 is 10.6 Å². The number of amides is 2. The summed E-state index contributed by atoms with van der Waals surface area (Å²) >= 11 is 0. The average molecular weight is 752 g/mol. The minimum absolute atomic E-state index is 0.0224. The normalized spacial score (nSPS) is 20.6. The Morgan fingerprint density at radius 1 is 1.06 bits per heavy atom. The maximum absolute atomic E-state index is 15.6. The zero-order valence-corrected chi connectivity index (χ0v) is 28.8. The lowest BCUT2D eigenvalue weighted by Gasteiger charge is -2.34. The van der Waals surface area contributed by atoms with E-state index in [0.29, 0.717) is 27.4 Å². The van der Waals surface area contributed by atoms with E-state index in [9.17, 15) is 36.6 Å². The van der Waals surface area contributed by atoms with Crippen molar-refractivity contribution in [2.75, 3.05) is 0 Å². The number of benzene rings is 2. The summed E-state index contributed by atoms with van der Waals surface area (Å²) in [6, 6.07) is 9.79. The molecule has 1 spiro atoms. The molecule has 0 saturated heterocycles. The molecule has 0 bridgehead atoms. The zero-order chi connectivity index (χ0) is 38.5. The van der Waals surface area contributed by atoms with Gasteiger partial charge in [0.25, 0.3) is 11.8 Å². The molecule has 2 aromatic heterocycles. The molecule has 54 heavy (non-hydrogen) atoms. The maximum Gasteiger partial charge on any atom is 0.435 e. The molecule has 2 saturated carbocycles. The van der Waals surface area contributed by atoms with E-state index in [4.69, 9.17) is 0 Å². The minimum atomic E-state index is -5.05. The summed E-state index contributed by atoms with van der Waals surface area (Å²) in [5.74, 6) is -3.78. The molecule has 4 aromatic rings. The van der Waals surface area contributed by atoms with Gasteiger partial charge in [-0.25, -0.2) is 13.8 Å². The van der Waals surface area contributed by atoms with Gasteiger partial charge in [0, 0.05) is 28.7 Å². The van der Waals surface area contributed by atoms with Crippen molar-refractivity contribution in [2.45, 2.75) is 87.7 Å². The van der Waals surface area contributed by atoms with Crippen LogP contribution in [-0.2, 0) is 35.4 Å². The van der Waals surface area contributed by atoms with Gasteiger partial charge in [0.15, 0.2) is 5.69 Å². The molecule has 8 nitrogen and oxygen atoms in total. The number of rotatable bonds is 7. The molecule has 3 aliphatic carbocycles. The van der Waals surface area contributed by atoms with Crippen molar-refractivity contribution in [2.24, 2.45) is 5.92 Å². The lowest BCUT2D eigenvalue weighted by atomic mass is 9.73. The predicted octanol–water partition coefficient (Wildman–Crippen LogP) is 6.80. The van der Waals surface area contributed by atoms with Crippen LogP contribution in [0.1, 0.15) is 101 Å². The van der Waals surface area contributed by atoms with Crippen LogP contribution in [0.4, 0.5) is 30.7 Å². The van der Waals surface area contributed by atoms with E-state index in [1.807, 2.05) is 0 Å². The first-order chi connectivity index (χ1) is 25.3. The van der Waals surface area contributed by atoms with Gasteiger partial charge < -0.3 is 15.7 Å². The van der Waals surface area contributed by atoms with Gasteiger partial charge in [-0.2, -0.15) is 27.1 Å². The van der Waals surface area contributed by atoms with Gasteiger partial charge in [0.2, 0.25) is 5.91 Å². The van der Waals surface area contributed by atoms with Crippen LogP contribution in [0.5, 0.6) is 0 Å². The van der Waals surface area contributed by atoms with Crippen LogP contribution in [0, 0.1) is 29.4 Å². The molecule has 3 N–H and O–H groups in total. The molecule has 3 heterocycles. The van der Waals surface area contributed by atoms with Crippen molar-refractivity contribution < 1.29 is 45.4 Å². The number of hydrogen-bond acceptors (Lipinski definition) is 5. The molecule has 1 aliphatic heterocycles. The smallest absolute Gasteiger partial charge is 0.378 e. The number of fused-ring (bicyclic) bond motifs is 5. The number of alkyl halides is 5. The number of carbonyl (C=O) groups is 2. The second-order valence-corrected chi connectivity index (χ2v) is 15.0. The maximum atomic E-state index is 15.6. The molecule has 2 amide bonds. The predicted molar refractivity (Wildman–Crippen MR) is 179 cm³/mol. The fourth-order valence-electron chi connectivity index (χ4n) is 7.97. The SMILES string of the molecule is CC(C)(O)C#Cc1ccc(-c2ccc3c(c2)C(=O)NC32CC2)c(C(Cc2cc(F)cc(F)c2)NC(=O)Cn2nc(C(F)(F)F)c3c2C(F)(F)C2CCC32)n1. The Balaban J connectivity index is 1.22. The Kier molecular flexibility index (Phi) is 8.05. The van der Waals surface area contributed by atoms with Gasteiger partial charge in [-0.05, 0) is 105 Å². The Morgan fingerprint density at radius 2 is 1.78 bits per heavy atom. The number of aliphatic hydroxyl groups is 1. The van der Waals surface area contributed by atoms with Gasteiger partial charge in [0.05, 0.1) is 17.3 Å². The highest BCUT2D eigenvalue weighted by molar-refractivity contribution is 6.01. The lowest BCUT2D eigenvalue weighted by molar-refractivity contribution is -0.144. The van der Waals surface area contributed by atoms with E-state index in [1.165, 1.54) is 19.9 Å². The summed E-state index contributed by atoms with van der Waals surface area (Å²) < 4.78 is 103. The van der Waals surface area contributed by atoms with E-state index in [0.717, 1.165) is 30.5 Å². The quantitative estimate of drug-likeness (QED) is 0.142. The number of aromatic nitrogens is 3. The Morgan fingerprint density at radius 3 is 2.41 bits per heavy atom. The van der Waals surface area contributed by atoms with Crippen molar-refractivity contribution in [1.29, 1.82) is 0 Å². The van der Waals surface area contributed by atoms with Crippen LogP contribution in [-0.4, -0.2) is 37.3 Å². The summed E-state index contributed by atoms with van der Waals surface area (Å²) in [5.41, 5.74) is -2.50. The molecule has 2 aromatic carbocycles. The Hall–Kier alpha value is -5.23. The average Bonchev–Trinajstić information content (AvgIpc) is 3.59. The largest absolute Gasteiger partial charge is 0.435 e. The molecular formula is C39H32F7N5O3. The van der Waals surface area contributed by atoms with Gasteiger partial charge in [-0.3, -0.25) is 14.3 Å². The molecule has 15 heteroatoms. The third-order valence-electron chi connectivity index (χ3n) is 10.6. The number of carbonyl (C=O) groups excluding carboxylic acids is 2. The van der Waals surface area contributed by atoms with Crippen molar-refractivity contribution in [3.63, 3.8) is 0 Å².